The van der Waals surface area contributed by atoms with E-state index in [0.29, 0.717) is 0 Å². The summed E-state index contributed by atoms with van der Waals surface area (Å²) in [5, 5.41) is 2.55. The maximum Gasteiger partial charge on any atom is 0.242 e. The average Bonchev–Trinajstić information content (AvgIpc) is 2.13. The number of carbonyl (C=O) groups is 1. The van der Waals surface area contributed by atoms with Gasteiger partial charge in [0.15, 0.2) is 5.96 Å². The summed E-state index contributed by atoms with van der Waals surface area (Å²) in [4.78, 5) is 19.0. The lowest BCUT2D eigenvalue weighted by Crippen LogP contribution is -2.36. The molecule has 0 rings (SSSR count). The highest BCUT2D eigenvalue weighted by Gasteiger charge is 2.05. The smallest absolute Gasteiger partial charge is 0.242 e. The van der Waals surface area contributed by atoms with Crippen LogP contribution in [-0.4, -0.2) is 62.9 Å². The number of guanidine groups is 1. The van der Waals surface area contributed by atoms with Gasteiger partial charge in [0, 0.05) is 28.2 Å². The van der Waals surface area contributed by atoms with Gasteiger partial charge in [0.2, 0.25) is 5.91 Å². The highest BCUT2D eigenvalue weighted by Crippen LogP contribution is 1.88. The summed E-state index contributed by atoms with van der Waals surface area (Å²) in [5.41, 5.74) is 0. The molecule has 0 aliphatic carbocycles. The molecule has 0 fully saturated rings. The van der Waals surface area contributed by atoms with Crippen LogP contribution in [0.3, 0.4) is 0 Å². The first kappa shape index (κ1) is 13.3. The number of nitrogens with one attached hydrogen (secondary N) is 1. The molecule has 0 unspecified atom stereocenters. The lowest BCUT2D eigenvalue weighted by atomic mass is 10.5. The topological polar surface area (TPSA) is 47.9 Å². The van der Waals surface area contributed by atoms with Crippen molar-refractivity contribution in [3.05, 3.63) is 0 Å². The Morgan fingerprint density at radius 1 is 1.33 bits per heavy atom. The molecule has 0 atom stereocenters. The second-order valence-corrected chi connectivity index (χ2v) is 3.39. The van der Waals surface area contributed by atoms with E-state index < -0.39 is 0 Å². The van der Waals surface area contributed by atoms with Gasteiger partial charge in [0.05, 0.1) is 6.54 Å². The SMILES string of the molecule is C#CCNC(=O)CN=C(N(C)C)N(C)C. The molecule has 1 N–H and O–H groups in total. The van der Waals surface area contributed by atoms with Gasteiger partial charge in [-0.2, -0.15) is 0 Å². The summed E-state index contributed by atoms with van der Waals surface area (Å²) in [5.74, 6) is 2.90. The summed E-state index contributed by atoms with van der Waals surface area (Å²) in [6.07, 6.45) is 5.01. The van der Waals surface area contributed by atoms with Gasteiger partial charge in [-0.15, -0.1) is 6.42 Å². The Hall–Kier alpha value is -1.70. The Balaban J connectivity index is 4.23. The molecule has 0 spiro atoms. The number of hydrogen-bond donors (Lipinski definition) is 1. The number of terminal acetylenes is 1. The van der Waals surface area contributed by atoms with Crippen LogP contribution in [0.5, 0.6) is 0 Å². The maximum absolute atomic E-state index is 11.2. The van der Waals surface area contributed by atoms with E-state index in [9.17, 15) is 4.79 Å². The van der Waals surface area contributed by atoms with E-state index in [4.69, 9.17) is 6.42 Å². The van der Waals surface area contributed by atoms with E-state index in [-0.39, 0.29) is 19.0 Å². The second kappa shape index (κ2) is 6.71. The van der Waals surface area contributed by atoms with Crippen LogP contribution in [0.2, 0.25) is 0 Å². The van der Waals surface area contributed by atoms with Gasteiger partial charge in [-0.1, -0.05) is 5.92 Å². The Kier molecular flexibility index (Phi) is 5.95. The van der Waals surface area contributed by atoms with Crippen molar-refractivity contribution in [2.45, 2.75) is 0 Å². The van der Waals surface area contributed by atoms with Crippen molar-refractivity contribution in [3.8, 4) is 12.3 Å². The molecule has 0 aliphatic rings. The molecule has 0 aromatic heterocycles. The van der Waals surface area contributed by atoms with Crippen molar-refractivity contribution >= 4 is 11.9 Å². The fourth-order valence-electron chi connectivity index (χ4n) is 1.03. The normalized spacial score (nSPS) is 8.73. The molecular weight excluding hydrogens is 192 g/mol. The van der Waals surface area contributed by atoms with E-state index in [2.05, 4.69) is 16.2 Å². The molecule has 0 radical (unpaired) electrons. The molecule has 1 amide bonds. The van der Waals surface area contributed by atoms with Crippen molar-refractivity contribution in [3.63, 3.8) is 0 Å². The van der Waals surface area contributed by atoms with Crippen molar-refractivity contribution in [1.82, 2.24) is 15.1 Å². The Labute approximate surface area is 91.1 Å². The zero-order valence-corrected chi connectivity index (χ0v) is 9.74. The minimum atomic E-state index is -0.172. The monoisotopic (exact) mass is 210 g/mol. The van der Waals surface area contributed by atoms with Crippen LogP contribution in [0, 0.1) is 12.3 Å². The predicted molar refractivity (Wildman–Crippen MR) is 61.5 cm³/mol. The zero-order chi connectivity index (χ0) is 11.8. The lowest BCUT2D eigenvalue weighted by molar-refractivity contribution is -0.119. The third-order valence-electron chi connectivity index (χ3n) is 1.55. The summed E-state index contributed by atoms with van der Waals surface area (Å²) >= 11 is 0. The Morgan fingerprint density at radius 2 is 1.87 bits per heavy atom. The molecular formula is C10H18N4O. The van der Waals surface area contributed by atoms with Crippen molar-refractivity contribution in [2.75, 3.05) is 41.3 Å². The van der Waals surface area contributed by atoms with Gasteiger partial charge in [0.1, 0.15) is 6.54 Å². The van der Waals surface area contributed by atoms with Crippen molar-refractivity contribution in [2.24, 2.45) is 4.99 Å². The van der Waals surface area contributed by atoms with Gasteiger partial charge in [-0.05, 0) is 0 Å². The highest BCUT2D eigenvalue weighted by atomic mass is 16.1. The van der Waals surface area contributed by atoms with Crippen molar-refractivity contribution < 1.29 is 4.79 Å². The molecule has 0 aromatic carbocycles. The first-order valence-corrected chi connectivity index (χ1v) is 4.58. The Bertz CT molecular complexity index is 266. The van der Waals surface area contributed by atoms with E-state index >= 15 is 0 Å². The summed E-state index contributed by atoms with van der Waals surface area (Å²) in [6.45, 7) is 0.334. The van der Waals surface area contributed by atoms with Crippen LogP contribution in [0.15, 0.2) is 4.99 Å². The van der Waals surface area contributed by atoms with Crippen LogP contribution in [0.4, 0.5) is 0 Å². The molecule has 5 heteroatoms. The number of rotatable bonds is 3. The molecule has 0 saturated carbocycles. The first-order valence-electron chi connectivity index (χ1n) is 4.58. The zero-order valence-electron chi connectivity index (χ0n) is 9.74. The predicted octanol–water partition coefficient (Wildman–Crippen LogP) is -0.785. The molecule has 84 valence electrons. The van der Waals surface area contributed by atoms with E-state index in [1.165, 1.54) is 0 Å². The number of carbonyl (C=O) groups excluding carboxylic acids is 1. The lowest BCUT2D eigenvalue weighted by Gasteiger charge is -2.22. The summed E-state index contributed by atoms with van der Waals surface area (Å²) in [7, 11) is 7.49. The van der Waals surface area contributed by atoms with Crippen LogP contribution >= 0.6 is 0 Å². The van der Waals surface area contributed by atoms with E-state index in [1.54, 1.807) is 0 Å². The number of amides is 1. The second-order valence-electron chi connectivity index (χ2n) is 3.39. The number of hydrogen-bond acceptors (Lipinski definition) is 2. The highest BCUT2D eigenvalue weighted by molar-refractivity contribution is 5.84. The van der Waals surface area contributed by atoms with Gasteiger partial charge in [0.25, 0.3) is 0 Å². The van der Waals surface area contributed by atoms with Gasteiger partial charge >= 0.3 is 0 Å². The molecule has 5 nitrogen and oxygen atoms in total. The quantitative estimate of drug-likeness (QED) is 0.377. The van der Waals surface area contributed by atoms with Crippen molar-refractivity contribution in [1.29, 1.82) is 0 Å². The summed E-state index contributed by atoms with van der Waals surface area (Å²) < 4.78 is 0. The molecule has 0 heterocycles. The minimum absolute atomic E-state index is 0.0906. The third-order valence-corrected chi connectivity index (χ3v) is 1.55. The Morgan fingerprint density at radius 3 is 2.27 bits per heavy atom. The first-order chi connectivity index (χ1) is 6.99. The fraction of sp³-hybridized carbons (Fsp3) is 0.600. The van der Waals surface area contributed by atoms with E-state index in [1.807, 2.05) is 38.0 Å². The molecule has 0 saturated heterocycles. The van der Waals surface area contributed by atoms with Crippen LogP contribution in [-0.2, 0) is 4.79 Å². The average molecular weight is 210 g/mol. The van der Waals surface area contributed by atoms with Gasteiger partial charge in [-0.25, -0.2) is 4.99 Å². The molecule has 0 aliphatic heterocycles. The molecule has 0 bridgehead atoms. The van der Waals surface area contributed by atoms with Crippen LogP contribution in [0.25, 0.3) is 0 Å². The number of aliphatic imine (C=N–C) groups is 1. The van der Waals surface area contributed by atoms with Crippen LogP contribution in [0.1, 0.15) is 0 Å². The molecule has 15 heavy (non-hydrogen) atoms. The third kappa shape index (κ3) is 5.57. The largest absolute Gasteiger partial charge is 0.349 e. The van der Waals surface area contributed by atoms with Crippen LogP contribution < -0.4 is 5.32 Å². The van der Waals surface area contributed by atoms with Gasteiger partial charge in [-0.3, -0.25) is 4.79 Å². The number of nitrogens with zero attached hydrogens (tertiary/aromatic N) is 3. The maximum atomic E-state index is 11.2. The van der Waals surface area contributed by atoms with Gasteiger partial charge < -0.3 is 15.1 Å². The fourth-order valence-corrected chi connectivity index (χ4v) is 1.03. The standard InChI is InChI=1S/C10H18N4O/c1-6-7-11-9(15)8-12-10(13(2)3)14(4)5/h1H,7-8H2,2-5H3,(H,11,15). The minimum Gasteiger partial charge on any atom is -0.349 e. The van der Waals surface area contributed by atoms with E-state index in [0.717, 1.165) is 5.96 Å². The summed E-state index contributed by atoms with van der Waals surface area (Å²) in [6, 6.07) is 0. The molecule has 0 aromatic rings.